The van der Waals surface area contributed by atoms with Crippen LogP contribution in [-0.4, -0.2) is 22.2 Å². The van der Waals surface area contributed by atoms with Crippen molar-refractivity contribution in [2.45, 2.75) is 33.2 Å². The first-order valence-corrected chi connectivity index (χ1v) is 6.64. The van der Waals surface area contributed by atoms with Crippen LogP contribution < -0.4 is 5.73 Å². The van der Waals surface area contributed by atoms with Gasteiger partial charge in [0.2, 0.25) is 0 Å². The van der Waals surface area contributed by atoms with Crippen LogP contribution in [0.1, 0.15) is 34.8 Å². The van der Waals surface area contributed by atoms with Gasteiger partial charge in [0.25, 0.3) is 0 Å². The molecule has 0 aliphatic carbocycles. The van der Waals surface area contributed by atoms with Crippen molar-refractivity contribution in [2.75, 3.05) is 6.54 Å². The molecular formula is C15H20N2O2. The number of carboxylic acids is 1. The Morgan fingerprint density at radius 2 is 2.16 bits per heavy atom. The lowest BCUT2D eigenvalue weighted by Crippen LogP contribution is -2.09. The summed E-state index contributed by atoms with van der Waals surface area (Å²) >= 11 is 0. The van der Waals surface area contributed by atoms with Gasteiger partial charge in [-0.2, -0.15) is 0 Å². The van der Waals surface area contributed by atoms with Crippen molar-refractivity contribution in [3.8, 4) is 0 Å². The molecule has 1 heterocycles. The van der Waals surface area contributed by atoms with Crippen LogP contribution in [0, 0.1) is 6.92 Å². The van der Waals surface area contributed by atoms with Gasteiger partial charge in [-0.25, -0.2) is 4.79 Å². The maximum Gasteiger partial charge on any atom is 0.335 e. The number of aromatic carboxylic acids is 1. The Morgan fingerprint density at radius 3 is 2.74 bits per heavy atom. The Morgan fingerprint density at radius 1 is 1.42 bits per heavy atom. The number of fused-ring (bicyclic) bond motifs is 1. The Kier molecular flexibility index (Phi) is 3.90. The standard InChI is InChI=1S/C15H20N2O2/c1-3-4-11-9-17(6-5-16)14-10(2)7-12(15(18)19)8-13(11)14/h7-9H,3-6,16H2,1-2H3,(H,18,19). The summed E-state index contributed by atoms with van der Waals surface area (Å²) < 4.78 is 2.14. The number of hydrogen-bond acceptors (Lipinski definition) is 2. The number of carbonyl (C=O) groups is 1. The van der Waals surface area contributed by atoms with Gasteiger partial charge in [-0.05, 0) is 36.6 Å². The fourth-order valence-corrected chi connectivity index (χ4v) is 2.64. The summed E-state index contributed by atoms with van der Waals surface area (Å²) in [7, 11) is 0. The van der Waals surface area contributed by atoms with Crippen molar-refractivity contribution in [3.05, 3.63) is 35.0 Å². The summed E-state index contributed by atoms with van der Waals surface area (Å²) in [5.41, 5.74) is 9.31. The fraction of sp³-hybridized carbons (Fsp3) is 0.400. The predicted octanol–water partition coefficient (Wildman–Crippen LogP) is 2.56. The zero-order valence-corrected chi connectivity index (χ0v) is 11.4. The molecule has 4 heteroatoms. The molecule has 0 atom stereocenters. The molecule has 3 N–H and O–H groups in total. The zero-order valence-electron chi connectivity index (χ0n) is 11.4. The van der Waals surface area contributed by atoms with E-state index in [9.17, 15) is 9.90 Å². The Hall–Kier alpha value is -1.81. The number of nitrogens with zero attached hydrogens (tertiary/aromatic N) is 1. The maximum absolute atomic E-state index is 11.2. The number of hydrogen-bond donors (Lipinski definition) is 2. The molecule has 0 aliphatic heterocycles. The zero-order chi connectivity index (χ0) is 14.0. The van der Waals surface area contributed by atoms with Gasteiger partial charge in [-0.1, -0.05) is 13.3 Å². The lowest BCUT2D eigenvalue weighted by atomic mass is 10.0. The maximum atomic E-state index is 11.2. The Bertz CT molecular complexity index is 614. The number of nitrogens with two attached hydrogens (primary N) is 1. The molecule has 2 aromatic rings. The van der Waals surface area contributed by atoms with E-state index in [1.165, 1.54) is 5.56 Å². The van der Waals surface area contributed by atoms with Crippen LogP contribution in [0.15, 0.2) is 18.3 Å². The van der Waals surface area contributed by atoms with Crippen LogP contribution in [0.25, 0.3) is 10.9 Å². The summed E-state index contributed by atoms with van der Waals surface area (Å²) in [5, 5.41) is 10.2. The largest absolute Gasteiger partial charge is 0.478 e. The third-order valence-electron chi connectivity index (χ3n) is 3.38. The summed E-state index contributed by atoms with van der Waals surface area (Å²) in [6, 6.07) is 3.51. The summed E-state index contributed by atoms with van der Waals surface area (Å²) in [5.74, 6) is -0.876. The molecule has 1 aromatic heterocycles. The monoisotopic (exact) mass is 260 g/mol. The average molecular weight is 260 g/mol. The van der Waals surface area contributed by atoms with E-state index in [0.29, 0.717) is 12.1 Å². The number of aromatic nitrogens is 1. The first-order valence-electron chi connectivity index (χ1n) is 6.64. The van der Waals surface area contributed by atoms with E-state index in [-0.39, 0.29) is 0 Å². The van der Waals surface area contributed by atoms with Gasteiger partial charge >= 0.3 is 5.97 Å². The van der Waals surface area contributed by atoms with Crippen LogP contribution in [0.2, 0.25) is 0 Å². The van der Waals surface area contributed by atoms with Gasteiger partial charge in [0, 0.05) is 24.7 Å². The van der Waals surface area contributed by atoms with Crippen molar-refractivity contribution in [3.63, 3.8) is 0 Å². The van der Waals surface area contributed by atoms with E-state index in [0.717, 1.165) is 35.9 Å². The molecule has 102 valence electrons. The third kappa shape index (κ3) is 2.49. The SMILES string of the molecule is CCCc1cn(CCN)c2c(C)cc(C(=O)O)cc12. The van der Waals surface area contributed by atoms with E-state index < -0.39 is 5.97 Å². The van der Waals surface area contributed by atoms with Gasteiger partial charge in [0.15, 0.2) is 0 Å². The topological polar surface area (TPSA) is 68.2 Å². The molecule has 19 heavy (non-hydrogen) atoms. The lowest BCUT2D eigenvalue weighted by molar-refractivity contribution is 0.0697. The molecule has 0 radical (unpaired) electrons. The average Bonchev–Trinajstić information content (AvgIpc) is 2.69. The summed E-state index contributed by atoms with van der Waals surface area (Å²) in [6.07, 6.45) is 4.11. The first kappa shape index (κ1) is 13.6. The molecular weight excluding hydrogens is 240 g/mol. The highest BCUT2D eigenvalue weighted by atomic mass is 16.4. The predicted molar refractivity (Wildman–Crippen MR) is 76.7 cm³/mol. The molecule has 0 fully saturated rings. The molecule has 2 rings (SSSR count). The van der Waals surface area contributed by atoms with Gasteiger partial charge in [-0.3, -0.25) is 0 Å². The summed E-state index contributed by atoms with van der Waals surface area (Å²) in [4.78, 5) is 11.2. The molecule has 0 bridgehead atoms. The van der Waals surface area contributed by atoms with Gasteiger partial charge in [-0.15, -0.1) is 0 Å². The minimum atomic E-state index is -0.876. The van der Waals surface area contributed by atoms with Crippen LogP contribution in [0.5, 0.6) is 0 Å². The fourth-order valence-electron chi connectivity index (χ4n) is 2.64. The number of rotatable bonds is 5. The molecule has 0 aliphatic rings. The van der Waals surface area contributed by atoms with E-state index in [1.54, 1.807) is 12.1 Å². The van der Waals surface area contributed by atoms with E-state index in [2.05, 4.69) is 17.7 Å². The molecule has 0 amide bonds. The molecule has 0 spiro atoms. The number of carboxylic acid groups (broad SMARTS) is 1. The normalized spacial score (nSPS) is 11.1. The molecule has 0 saturated carbocycles. The lowest BCUT2D eigenvalue weighted by Gasteiger charge is -2.07. The second kappa shape index (κ2) is 5.45. The highest BCUT2D eigenvalue weighted by Crippen LogP contribution is 2.27. The molecule has 4 nitrogen and oxygen atoms in total. The second-order valence-corrected chi connectivity index (χ2v) is 4.88. The van der Waals surface area contributed by atoms with Crippen molar-refractivity contribution in [2.24, 2.45) is 5.73 Å². The quantitative estimate of drug-likeness (QED) is 0.868. The third-order valence-corrected chi connectivity index (χ3v) is 3.38. The van der Waals surface area contributed by atoms with Crippen LogP contribution in [0.3, 0.4) is 0 Å². The molecule has 0 unspecified atom stereocenters. The minimum absolute atomic E-state index is 0.354. The van der Waals surface area contributed by atoms with E-state index in [1.807, 2.05) is 6.92 Å². The van der Waals surface area contributed by atoms with Crippen molar-refractivity contribution in [1.82, 2.24) is 4.57 Å². The van der Waals surface area contributed by atoms with Crippen LogP contribution in [0.4, 0.5) is 0 Å². The Balaban J connectivity index is 2.70. The highest BCUT2D eigenvalue weighted by Gasteiger charge is 2.13. The first-order chi connectivity index (χ1) is 9.08. The van der Waals surface area contributed by atoms with Gasteiger partial charge in [0.05, 0.1) is 11.1 Å². The summed E-state index contributed by atoms with van der Waals surface area (Å²) in [6.45, 7) is 5.42. The van der Waals surface area contributed by atoms with E-state index in [4.69, 9.17) is 5.73 Å². The second-order valence-electron chi connectivity index (χ2n) is 4.88. The van der Waals surface area contributed by atoms with Crippen molar-refractivity contribution in [1.29, 1.82) is 0 Å². The number of benzene rings is 1. The minimum Gasteiger partial charge on any atom is -0.478 e. The molecule has 0 saturated heterocycles. The van der Waals surface area contributed by atoms with Crippen molar-refractivity contribution < 1.29 is 9.90 Å². The molecule has 1 aromatic carbocycles. The van der Waals surface area contributed by atoms with Crippen LogP contribution >= 0.6 is 0 Å². The highest BCUT2D eigenvalue weighted by molar-refractivity contribution is 5.96. The number of aryl methyl sites for hydroxylation is 2. The Labute approximate surface area is 112 Å². The smallest absolute Gasteiger partial charge is 0.335 e. The van der Waals surface area contributed by atoms with E-state index >= 15 is 0 Å². The van der Waals surface area contributed by atoms with Crippen LogP contribution in [-0.2, 0) is 13.0 Å². The van der Waals surface area contributed by atoms with Gasteiger partial charge < -0.3 is 15.4 Å². The van der Waals surface area contributed by atoms with Gasteiger partial charge in [0.1, 0.15) is 0 Å². The van der Waals surface area contributed by atoms with Crippen molar-refractivity contribution >= 4 is 16.9 Å².